The molecule has 1 heterocycles. The van der Waals surface area contributed by atoms with Crippen LogP contribution in [0.1, 0.15) is 19.4 Å². The van der Waals surface area contributed by atoms with Crippen molar-refractivity contribution in [2.45, 2.75) is 32.4 Å². The molecule has 0 spiro atoms. The number of nitrogens with one attached hydrogen (secondary N) is 1. The summed E-state index contributed by atoms with van der Waals surface area (Å²) in [5.41, 5.74) is 0.683. The summed E-state index contributed by atoms with van der Waals surface area (Å²) in [6.07, 6.45) is -0.682. The van der Waals surface area contributed by atoms with Gasteiger partial charge in [-0.05, 0) is 60.5 Å². The average Bonchev–Trinajstić information content (AvgIpc) is 2.60. The summed E-state index contributed by atoms with van der Waals surface area (Å²) < 4.78 is 11.9. The molecule has 8 heteroatoms. The molecule has 0 bridgehead atoms. The predicted molar refractivity (Wildman–Crippen MR) is 105 cm³/mol. The largest absolute Gasteiger partial charge is 0.489 e. The number of rotatable bonds is 9. The number of hydrogen-bond acceptors (Lipinski definition) is 6. The van der Waals surface area contributed by atoms with Crippen molar-refractivity contribution in [2.24, 2.45) is 0 Å². The van der Waals surface area contributed by atoms with Crippen LogP contribution < -0.4 is 14.8 Å². The number of aryl methyl sites for hydroxylation is 1. The van der Waals surface area contributed by atoms with E-state index in [1.807, 2.05) is 32.9 Å². The Morgan fingerprint density at radius 3 is 2.69 bits per heavy atom. The van der Waals surface area contributed by atoms with Crippen molar-refractivity contribution in [3.05, 3.63) is 45.5 Å². The van der Waals surface area contributed by atoms with Crippen LogP contribution >= 0.6 is 27.5 Å². The van der Waals surface area contributed by atoms with E-state index in [2.05, 4.69) is 31.4 Å². The zero-order valence-electron chi connectivity index (χ0n) is 15.0. The highest BCUT2D eigenvalue weighted by Gasteiger charge is 2.20. The van der Waals surface area contributed by atoms with Gasteiger partial charge in [-0.25, -0.2) is 0 Å². The minimum Gasteiger partial charge on any atom is -0.489 e. The molecule has 0 radical (unpaired) electrons. The van der Waals surface area contributed by atoms with Gasteiger partial charge in [-0.2, -0.15) is 0 Å². The van der Waals surface area contributed by atoms with Gasteiger partial charge in [0.05, 0.1) is 5.02 Å². The standard InChI is InChI=1S/C18H23BrClN3O3/c1-12-4-5-14(20)15(8-12)25-10-13(24)9-21-18(2,3)11-26-17-7-6-16(19)22-23-17/h4-8,13,21,24H,9-11H2,1-3H3. The molecule has 26 heavy (non-hydrogen) atoms. The van der Waals surface area contributed by atoms with Crippen LogP contribution in [0.3, 0.4) is 0 Å². The molecule has 2 N–H and O–H groups in total. The van der Waals surface area contributed by atoms with E-state index in [1.54, 1.807) is 18.2 Å². The van der Waals surface area contributed by atoms with Gasteiger partial charge in [0.25, 0.3) is 0 Å². The molecule has 0 aliphatic heterocycles. The SMILES string of the molecule is Cc1ccc(Cl)c(OCC(O)CNC(C)(C)COc2ccc(Br)nn2)c1. The lowest BCUT2D eigenvalue weighted by Gasteiger charge is -2.27. The monoisotopic (exact) mass is 443 g/mol. The molecule has 0 aliphatic rings. The van der Waals surface area contributed by atoms with E-state index < -0.39 is 6.10 Å². The smallest absolute Gasteiger partial charge is 0.233 e. The molecule has 1 aromatic heterocycles. The molecule has 1 unspecified atom stereocenters. The van der Waals surface area contributed by atoms with Crippen LogP contribution in [0.5, 0.6) is 11.6 Å². The van der Waals surface area contributed by atoms with Crippen molar-refractivity contribution < 1.29 is 14.6 Å². The Morgan fingerprint density at radius 1 is 1.23 bits per heavy atom. The summed E-state index contributed by atoms with van der Waals surface area (Å²) >= 11 is 9.31. The van der Waals surface area contributed by atoms with E-state index in [4.69, 9.17) is 21.1 Å². The van der Waals surface area contributed by atoms with E-state index in [0.717, 1.165) is 5.56 Å². The van der Waals surface area contributed by atoms with Crippen molar-refractivity contribution in [3.8, 4) is 11.6 Å². The van der Waals surface area contributed by atoms with Gasteiger partial charge in [-0.1, -0.05) is 17.7 Å². The zero-order chi connectivity index (χ0) is 19.2. The third-order valence-electron chi connectivity index (χ3n) is 3.52. The van der Waals surface area contributed by atoms with Crippen LogP contribution in [-0.2, 0) is 0 Å². The third kappa shape index (κ3) is 7.07. The molecule has 1 atom stereocenters. The zero-order valence-corrected chi connectivity index (χ0v) is 17.3. The topological polar surface area (TPSA) is 76.5 Å². The lowest BCUT2D eigenvalue weighted by molar-refractivity contribution is 0.0923. The fourth-order valence-corrected chi connectivity index (χ4v) is 2.43. The van der Waals surface area contributed by atoms with Gasteiger partial charge < -0.3 is 19.9 Å². The molecular formula is C18H23BrClN3O3. The van der Waals surface area contributed by atoms with Gasteiger partial charge in [0.2, 0.25) is 5.88 Å². The number of ether oxygens (including phenoxy) is 2. The fraction of sp³-hybridized carbons (Fsp3) is 0.444. The van der Waals surface area contributed by atoms with Crippen molar-refractivity contribution in [3.63, 3.8) is 0 Å². The van der Waals surface area contributed by atoms with Crippen LogP contribution in [0.4, 0.5) is 0 Å². The normalized spacial score (nSPS) is 12.7. The fourth-order valence-electron chi connectivity index (χ4n) is 2.05. The van der Waals surface area contributed by atoms with Crippen molar-refractivity contribution >= 4 is 27.5 Å². The lowest BCUT2D eigenvalue weighted by Crippen LogP contribution is -2.48. The number of aliphatic hydroxyl groups is 1. The maximum Gasteiger partial charge on any atom is 0.233 e. The first kappa shape index (κ1) is 20.9. The molecule has 1 aromatic carbocycles. The number of aromatic nitrogens is 2. The van der Waals surface area contributed by atoms with Crippen LogP contribution in [0.25, 0.3) is 0 Å². The predicted octanol–water partition coefficient (Wildman–Crippen LogP) is 3.39. The second kappa shape index (κ2) is 9.50. The Morgan fingerprint density at radius 2 is 2.00 bits per heavy atom. The summed E-state index contributed by atoms with van der Waals surface area (Å²) in [6, 6.07) is 9.04. The Labute approximate surface area is 167 Å². The first-order valence-electron chi connectivity index (χ1n) is 8.19. The van der Waals surface area contributed by atoms with E-state index in [1.165, 1.54) is 0 Å². The van der Waals surface area contributed by atoms with Crippen LogP contribution in [0, 0.1) is 6.92 Å². The number of β-amino-alcohol motifs (C(OH)–C–C–N with tert-alkyl or cyclic N) is 1. The third-order valence-corrected chi connectivity index (χ3v) is 4.26. The first-order chi connectivity index (χ1) is 12.2. The molecule has 6 nitrogen and oxygen atoms in total. The van der Waals surface area contributed by atoms with Gasteiger partial charge in [0.1, 0.15) is 29.7 Å². The van der Waals surface area contributed by atoms with E-state index in [0.29, 0.717) is 34.4 Å². The molecule has 0 saturated carbocycles. The van der Waals surface area contributed by atoms with Crippen molar-refractivity contribution in [1.29, 1.82) is 0 Å². The minimum absolute atomic E-state index is 0.144. The molecule has 2 rings (SSSR count). The van der Waals surface area contributed by atoms with Gasteiger partial charge in [-0.3, -0.25) is 0 Å². The molecule has 2 aromatic rings. The summed E-state index contributed by atoms with van der Waals surface area (Å²) in [5, 5.41) is 21.7. The summed E-state index contributed by atoms with van der Waals surface area (Å²) in [5.74, 6) is 1.02. The highest BCUT2D eigenvalue weighted by atomic mass is 79.9. The first-order valence-corrected chi connectivity index (χ1v) is 9.36. The maximum absolute atomic E-state index is 10.2. The lowest BCUT2D eigenvalue weighted by atomic mass is 10.1. The Balaban J connectivity index is 1.75. The number of halogens is 2. The second-order valence-electron chi connectivity index (χ2n) is 6.65. The van der Waals surface area contributed by atoms with Gasteiger partial charge in [0.15, 0.2) is 0 Å². The highest BCUT2D eigenvalue weighted by molar-refractivity contribution is 9.10. The summed E-state index contributed by atoms with van der Waals surface area (Å²) in [6.45, 7) is 6.78. The van der Waals surface area contributed by atoms with E-state index >= 15 is 0 Å². The van der Waals surface area contributed by atoms with Crippen LogP contribution in [0.2, 0.25) is 5.02 Å². The molecular weight excluding hydrogens is 422 g/mol. The van der Waals surface area contributed by atoms with Gasteiger partial charge >= 0.3 is 0 Å². The van der Waals surface area contributed by atoms with E-state index in [-0.39, 0.29) is 12.1 Å². The average molecular weight is 445 g/mol. The molecule has 0 saturated heterocycles. The second-order valence-corrected chi connectivity index (χ2v) is 7.87. The maximum atomic E-state index is 10.2. The van der Waals surface area contributed by atoms with Gasteiger partial charge in [0, 0.05) is 18.2 Å². The Bertz CT molecular complexity index is 713. The highest BCUT2D eigenvalue weighted by Crippen LogP contribution is 2.25. The summed E-state index contributed by atoms with van der Waals surface area (Å²) in [7, 11) is 0. The summed E-state index contributed by atoms with van der Waals surface area (Å²) in [4.78, 5) is 0. The molecule has 0 aliphatic carbocycles. The van der Waals surface area contributed by atoms with Crippen molar-refractivity contribution in [2.75, 3.05) is 19.8 Å². The van der Waals surface area contributed by atoms with Crippen LogP contribution in [0.15, 0.2) is 34.9 Å². The number of aliphatic hydroxyl groups excluding tert-OH is 1. The van der Waals surface area contributed by atoms with E-state index in [9.17, 15) is 5.11 Å². The number of nitrogens with zero attached hydrogens (tertiary/aromatic N) is 2. The molecule has 0 amide bonds. The quantitative estimate of drug-likeness (QED) is 0.617. The van der Waals surface area contributed by atoms with Crippen molar-refractivity contribution in [1.82, 2.24) is 15.5 Å². The Kier molecular flexibility index (Phi) is 7.64. The molecule has 142 valence electrons. The number of benzene rings is 1. The van der Waals surface area contributed by atoms with Gasteiger partial charge in [-0.15, -0.1) is 10.2 Å². The molecule has 0 fully saturated rings. The number of hydrogen-bond donors (Lipinski definition) is 2. The van der Waals surface area contributed by atoms with Crippen LogP contribution in [-0.4, -0.2) is 46.7 Å². The Hall–Kier alpha value is -1.41. The minimum atomic E-state index is -0.682.